The summed E-state index contributed by atoms with van der Waals surface area (Å²) in [6.07, 6.45) is 2.18. The first-order chi connectivity index (χ1) is 11.3. The van der Waals surface area contributed by atoms with Crippen molar-refractivity contribution in [1.82, 2.24) is 8.68 Å². The molecular formula is C20H23N2P. The van der Waals surface area contributed by atoms with Crippen molar-refractivity contribution in [3.63, 3.8) is 0 Å². The minimum atomic E-state index is -0.386. The van der Waals surface area contributed by atoms with Crippen molar-refractivity contribution in [2.45, 2.75) is 32.6 Å². The number of nitrogens with zero attached hydrogens (tertiary/aromatic N) is 2. The Balaban J connectivity index is 1.99. The van der Waals surface area contributed by atoms with E-state index in [9.17, 15) is 0 Å². The van der Waals surface area contributed by atoms with Crippen molar-refractivity contribution in [2.75, 3.05) is 6.66 Å². The van der Waals surface area contributed by atoms with Gasteiger partial charge in [-0.25, -0.2) is 0 Å². The van der Waals surface area contributed by atoms with Gasteiger partial charge in [0.25, 0.3) is 0 Å². The van der Waals surface area contributed by atoms with Gasteiger partial charge in [-0.3, -0.25) is 0 Å². The van der Waals surface area contributed by atoms with Crippen molar-refractivity contribution >= 4 is 8.22 Å². The van der Waals surface area contributed by atoms with Crippen LogP contribution in [-0.4, -0.2) is 15.3 Å². The second kappa shape index (κ2) is 5.69. The Morgan fingerprint density at radius 2 is 1.30 bits per heavy atom. The van der Waals surface area contributed by atoms with Crippen LogP contribution in [0, 0.1) is 0 Å². The van der Waals surface area contributed by atoms with Crippen molar-refractivity contribution < 1.29 is 0 Å². The maximum atomic E-state index is 2.61. The second-order valence-electron chi connectivity index (χ2n) is 6.16. The van der Waals surface area contributed by atoms with Crippen LogP contribution in [0.15, 0.2) is 54.6 Å². The second-order valence-corrected chi connectivity index (χ2v) is 7.94. The van der Waals surface area contributed by atoms with Gasteiger partial charge >= 0.3 is 0 Å². The third-order valence-corrected chi connectivity index (χ3v) is 7.09. The van der Waals surface area contributed by atoms with E-state index < -0.39 is 0 Å². The first-order valence-corrected chi connectivity index (χ1v) is 10.2. The van der Waals surface area contributed by atoms with Crippen LogP contribution >= 0.6 is 8.22 Å². The van der Waals surface area contributed by atoms with E-state index in [0.717, 1.165) is 12.8 Å². The molecule has 3 heteroatoms. The van der Waals surface area contributed by atoms with Gasteiger partial charge in [0.15, 0.2) is 0 Å². The molecular weight excluding hydrogens is 299 g/mol. The molecule has 1 aromatic carbocycles. The normalized spacial score (nSPS) is 19.4. The average Bonchev–Trinajstić information content (AvgIpc) is 3.20. The van der Waals surface area contributed by atoms with Gasteiger partial charge in [-0.15, -0.1) is 0 Å². The van der Waals surface area contributed by atoms with E-state index in [1.807, 2.05) is 0 Å². The molecule has 2 aromatic heterocycles. The monoisotopic (exact) mass is 322 g/mol. The summed E-state index contributed by atoms with van der Waals surface area (Å²) >= 11 is 0. The number of aryl methyl sites for hydroxylation is 2. The van der Waals surface area contributed by atoms with Crippen LogP contribution in [-0.2, 0) is 12.8 Å². The van der Waals surface area contributed by atoms with Crippen LogP contribution in [0.1, 0.15) is 48.1 Å². The van der Waals surface area contributed by atoms with Crippen molar-refractivity contribution in [1.29, 1.82) is 0 Å². The molecule has 1 aliphatic rings. The van der Waals surface area contributed by atoms with Gasteiger partial charge in [0, 0.05) is 22.8 Å². The molecule has 0 saturated carbocycles. The zero-order chi connectivity index (χ0) is 16.0. The molecule has 0 fully saturated rings. The summed E-state index contributed by atoms with van der Waals surface area (Å²) in [7, 11) is -0.386. The third kappa shape index (κ3) is 2.12. The van der Waals surface area contributed by atoms with Gasteiger partial charge in [-0.1, -0.05) is 44.2 Å². The molecule has 0 bridgehead atoms. The van der Waals surface area contributed by atoms with Gasteiger partial charge in [0.2, 0.25) is 0 Å². The molecule has 0 saturated heterocycles. The molecule has 0 amide bonds. The molecule has 0 aliphatic carbocycles. The summed E-state index contributed by atoms with van der Waals surface area (Å²) in [6, 6.07) is 20.3. The van der Waals surface area contributed by atoms with E-state index in [0.29, 0.717) is 5.92 Å². The Hall–Kier alpha value is -1.79. The number of hydrogen-bond donors (Lipinski definition) is 0. The maximum Gasteiger partial charge on any atom is 0.100 e. The highest BCUT2D eigenvalue weighted by atomic mass is 31.1. The first kappa shape index (κ1) is 14.8. The quantitative estimate of drug-likeness (QED) is 0.583. The number of hydrogen-bond acceptors (Lipinski definition) is 0. The predicted octanol–water partition coefficient (Wildman–Crippen LogP) is 5.25. The minimum Gasteiger partial charge on any atom is -0.309 e. The van der Waals surface area contributed by atoms with Gasteiger partial charge in [-0.05, 0) is 49.3 Å². The molecule has 0 spiro atoms. The molecule has 0 N–H and O–H groups in total. The van der Waals surface area contributed by atoms with Crippen LogP contribution in [0.5, 0.6) is 0 Å². The smallest absolute Gasteiger partial charge is 0.100 e. The molecule has 0 atom stereocenters. The lowest BCUT2D eigenvalue weighted by Crippen LogP contribution is -2.21. The molecule has 118 valence electrons. The first-order valence-electron chi connectivity index (χ1n) is 8.46. The molecule has 2 nitrogen and oxygen atoms in total. The third-order valence-electron chi connectivity index (χ3n) is 4.95. The lowest BCUT2D eigenvalue weighted by Gasteiger charge is -2.35. The highest BCUT2D eigenvalue weighted by Gasteiger charge is 2.33. The van der Waals surface area contributed by atoms with Gasteiger partial charge < -0.3 is 8.68 Å². The Kier molecular flexibility index (Phi) is 3.66. The summed E-state index contributed by atoms with van der Waals surface area (Å²) in [5, 5.41) is 0. The maximum absolute atomic E-state index is 2.61. The standard InChI is InChI=1S/C20H23N2P/c1-4-16-11-13-18-20(15-9-7-6-8-10-15)19-14-12-17(5-2)22(19)23(3)21(16)18/h6-14,20H,4-5H2,1-3H3. The average molecular weight is 322 g/mol. The van der Waals surface area contributed by atoms with Crippen molar-refractivity contribution in [2.24, 2.45) is 0 Å². The summed E-state index contributed by atoms with van der Waals surface area (Å²) < 4.78 is 5.22. The number of rotatable bonds is 3. The molecule has 3 aromatic rings. The molecule has 1 aliphatic heterocycles. The molecule has 0 radical (unpaired) electrons. The van der Waals surface area contributed by atoms with Crippen molar-refractivity contribution in [3.8, 4) is 0 Å². The summed E-state index contributed by atoms with van der Waals surface area (Å²) in [5.41, 5.74) is 7.20. The fourth-order valence-corrected chi connectivity index (χ4v) is 6.25. The lowest BCUT2D eigenvalue weighted by atomic mass is 9.93. The van der Waals surface area contributed by atoms with Crippen LogP contribution in [0.2, 0.25) is 0 Å². The number of fused-ring (bicyclic) bond motifs is 2. The van der Waals surface area contributed by atoms with Crippen LogP contribution in [0.4, 0.5) is 0 Å². The SMILES string of the molecule is CCc1ccc2n1P(C)n1c(CC)ccc1C2c1ccccc1. The lowest BCUT2D eigenvalue weighted by molar-refractivity contribution is 0.784. The summed E-state index contributed by atoms with van der Waals surface area (Å²) in [4.78, 5) is 0. The molecule has 23 heavy (non-hydrogen) atoms. The van der Waals surface area contributed by atoms with Gasteiger partial charge in [-0.2, -0.15) is 0 Å². The largest absolute Gasteiger partial charge is 0.309 e. The van der Waals surface area contributed by atoms with E-state index >= 15 is 0 Å². The molecule has 3 heterocycles. The van der Waals surface area contributed by atoms with Gasteiger partial charge in [0.1, 0.15) is 8.22 Å². The Bertz CT molecular complexity index is 778. The Labute approximate surface area is 139 Å². The van der Waals surface area contributed by atoms with Gasteiger partial charge in [0.05, 0.1) is 5.92 Å². The zero-order valence-corrected chi connectivity index (χ0v) is 14.9. The Morgan fingerprint density at radius 3 is 1.78 bits per heavy atom. The van der Waals surface area contributed by atoms with Crippen LogP contribution in [0.25, 0.3) is 0 Å². The topological polar surface area (TPSA) is 9.86 Å². The highest BCUT2D eigenvalue weighted by molar-refractivity contribution is 7.53. The molecule has 0 unspecified atom stereocenters. The highest BCUT2D eigenvalue weighted by Crippen LogP contribution is 2.51. The zero-order valence-electron chi connectivity index (χ0n) is 14.0. The fraction of sp³-hybridized carbons (Fsp3) is 0.300. The van der Waals surface area contributed by atoms with E-state index in [1.54, 1.807) is 0 Å². The van der Waals surface area contributed by atoms with E-state index in [2.05, 4.69) is 83.8 Å². The number of aromatic nitrogens is 2. The van der Waals surface area contributed by atoms with Crippen molar-refractivity contribution in [3.05, 3.63) is 82.9 Å². The summed E-state index contributed by atoms with van der Waals surface area (Å²) in [5.74, 6) is 0.343. The van der Waals surface area contributed by atoms with E-state index in [4.69, 9.17) is 0 Å². The molecule has 4 rings (SSSR count). The Morgan fingerprint density at radius 1 is 0.783 bits per heavy atom. The van der Waals surface area contributed by atoms with Crippen LogP contribution < -0.4 is 0 Å². The minimum absolute atomic E-state index is 0.343. The van der Waals surface area contributed by atoms with Crippen LogP contribution in [0.3, 0.4) is 0 Å². The number of benzene rings is 1. The van der Waals surface area contributed by atoms with E-state index in [-0.39, 0.29) is 8.22 Å². The predicted molar refractivity (Wildman–Crippen MR) is 98.6 cm³/mol. The fourth-order valence-electron chi connectivity index (χ4n) is 3.88. The summed E-state index contributed by atoms with van der Waals surface area (Å²) in [6.45, 7) is 6.91. The van der Waals surface area contributed by atoms with E-state index in [1.165, 1.54) is 28.3 Å².